The number of ketones is 1. The molecule has 3 fully saturated rings. The molecule has 1 aliphatic heterocycles. The highest BCUT2D eigenvalue weighted by Gasteiger charge is 2.29. The fourth-order valence-corrected chi connectivity index (χ4v) is 6.53. The van der Waals surface area contributed by atoms with Gasteiger partial charge in [0.15, 0.2) is 5.78 Å². The minimum atomic E-state index is -0.298. The molecular formula is C29H43FN2O3. The second kappa shape index (κ2) is 13.0. The number of carbonyl (C=O) groups is 2. The van der Waals surface area contributed by atoms with Crippen LogP contribution in [0.15, 0.2) is 24.3 Å². The van der Waals surface area contributed by atoms with Crippen molar-refractivity contribution in [3.05, 3.63) is 35.6 Å². The Bertz CT molecular complexity index is 814. The first-order valence-electron chi connectivity index (χ1n) is 13.8. The molecule has 2 atom stereocenters. The number of halogens is 1. The molecule has 4 rings (SSSR count). The molecule has 35 heavy (non-hydrogen) atoms. The van der Waals surface area contributed by atoms with E-state index in [0.29, 0.717) is 29.9 Å². The van der Waals surface area contributed by atoms with Gasteiger partial charge in [0.25, 0.3) is 0 Å². The Hall–Kier alpha value is -1.79. The first-order chi connectivity index (χ1) is 17.0. The van der Waals surface area contributed by atoms with Gasteiger partial charge in [0.05, 0.1) is 0 Å². The van der Waals surface area contributed by atoms with Gasteiger partial charge in [-0.2, -0.15) is 0 Å². The highest BCUT2D eigenvalue weighted by atomic mass is 19.1. The van der Waals surface area contributed by atoms with Crippen LogP contribution in [0.1, 0.15) is 81.0 Å². The zero-order valence-electron chi connectivity index (χ0n) is 21.4. The Kier molecular flexibility index (Phi) is 9.73. The fraction of sp³-hybridized carbons (Fsp3) is 0.724. The highest BCUT2D eigenvalue weighted by Crippen LogP contribution is 2.33. The molecule has 0 radical (unpaired) electrons. The molecule has 1 aromatic carbocycles. The minimum Gasteiger partial charge on any atom is -0.384 e. The number of nitrogens with one attached hydrogen (secondary N) is 1. The van der Waals surface area contributed by atoms with Gasteiger partial charge in [0.1, 0.15) is 5.82 Å². The number of nitrogens with zero attached hydrogens (tertiary/aromatic N) is 1. The number of methoxy groups -OCH3 is 1. The van der Waals surface area contributed by atoms with Crippen LogP contribution in [0.2, 0.25) is 0 Å². The largest absolute Gasteiger partial charge is 0.384 e. The van der Waals surface area contributed by atoms with E-state index in [2.05, 4.69) is 10.2 Å². The van der Waals surface area contributed by atoms with E-state index in [1.54, 1.807) is 19.2 Å². The maximum Gasteiger partial charge on any atom is 0.220 e. The van der Waals surface area contributed by atoms with Gasteiger partial charge in [-0.25, -0.2) is 4.39 Å². The summed E-state index contributed by atoms with van der Waals surface area (Å²) in [5, 5.41) is 3.32. The first-order valence-corrected chi connectivity index (χ1v) is 13.8. The number of benzene rings is 1. The number of amides is 1. The van der Waals surface area contributed by atoms with Crippen molar-refractivity contribution in [1.29, 1.82) is 0 Å². The minimum absolute atomic E-state index is 0.0610. The van der Waals surface area contributed by atoms with E-state index in [0.717, 1.165) is 70.7 Å². The second-order valence-electron chi connectivity index (χ2n) is 11.3. The van der Waals surface area contributed by atoms with Crippen LogP contribution in [0.3, 0.4) is 0 Å². The summed E-state index contributed by atoms with van der Waals surface area (Å²) < 4.78 is 18.4. The predicted molar refractivity (Wildman–Crippen MR) is 136 cm³/mol. The number of Topliss-reactive ketones (excluding diaryl/α,β-unsaturated/α-hetero) is 1. The van der Waals surface area contributed by atoms with Crippen LogP contribution in [0.25, 0.3) is 0 Å². The molecule has 2 aliphatic carbocycles. The van der Waals surface area contributed by atoms with Gasteiger partial charge in [-0.3, -0.25) is 9.59 Å². The van der Waals surface area contributed by atoms with Crippen molar-refractivity contribution in [1.82, 2.24) is 10.2 Å². The standard InChI is InChI=1S/C29H43FN2O3/c1-35-20-23-3-2-22(18-23)19-28(33)31-27-10-4-21(5-11-27)12-15-32-16-13-25(14-17-32)29(34)24-6-8-26(30)9-7-24/h6-9,21-23,25,27H,2-5,10-20H2,1H3,(H,31,33). The molecule has 6 heteroatoms. The molecule has 1 heterocycles. The van der Waals surface area contributed by atoms with E-state index in [1.165, 1.54) is 37.8 Å². The van der Waals surface area contributed by atoms with Gasteiger partial charge >= 0.3 is 0 Å². The van der Waals surface area contributed by atoms with E-state index in [1.807, 2.05) is 0 Å². The summed E-state index contributed by atoms with van der Waals surface area (Å²) in [7, 11) is 1.76. The molecule has 194 valence electrons. The number of hydrogen-bond acceptors (Lipinski definition) is 4. The van der Waals surface area contributed by atoms with Crippen LogP contribution < -0.4 is 5.32 Å². The SMILES string of the molecule is COCC1CCC(CC(=O)NC2CCC(CCN3CCC(C(=O)c4ccc(F)cc4)CC3)CC2)C1. The monoisotopic (exact) mass is 486 g/mol. The van der Waals surface area contributed by atoms with Crippen LogP contribution in [0.5, 0.6) is 0 Å². The number of hydrogen-bond donors (Lipinski definition) is 1. The Morgan fingerprint density at radius 1 is 0.943 bits per heavy atom. The normalized spacial score (nSPS) is 28.2. The quantitative estimate of drug-likeness (QED) is 0.460. The number of carbonyl (C=O) groups excluding carboxylic acids is 2. The van der Waals surface area contributed by atoms with Gasteiger partial charge in [0, 0.05) is 37.7 Å². The Morgan fingerprint density at radius 3 is 2.29 bits per heavy atom. The Morgan fingerprint density at radius 2 is 1.60 bits per heavy atom. The molecule has 3 aliphatic rings. The summed E-state index contributed by atoms with van der Waals surface area (Å²) in [5.74, 6) is 2.07. The summed E-state index contributed by atoms with van der Waals surface area (Å²) in [6.07, 6.45) is 11.7. The predicted octanol–water partition coefficient (Wildman–Crippen LogP) is 5.24. The van der Waals surface area contributed by atoms with E-state index < -0.39 is 0 Å². The van der Waals surface area contributed by atoms with Gasteiger partial charge in [-0.15, -0.1) is 0 Å². The lowest BCUT2D eigenvalue weighted by Gasteiger charge is -2.34. The van der Waals surface area contributed by atoms with E-state index >= 15 is 0 Å². The highest BCUT2D eigenvalue weighted by molar-refractivity contribution is 5.97. The van der Waals surface area contributed by atoms with Crippen molar-refractivity contribution in [3.63, 3.8) is 0 Å². The summed E-state index contributed by atoms with van der Waals surface area (Å²) in [6.45, 7) is 3.86. The third kappa shape index (κ3) is 7.85. The summed E-state index contributed by atoms with van der Waals surface area (Å²) in [5.41, 5.74) is 0.632. The van der Waals surface area contributed by atoms with Crippen molar-refractivity contribution in [2.75, 3.05) is 33.4 Å². The molecule has 1 aromatic rings. The second-order valence-corrected chi connectivity index (χ2v) is 11.3. The van der Waals surface area contributed by atoms with Crippen LogP contribution in [0.4, 0.5) is 4.39 Å². The zero-order valence-corrected chi connectivity index (χ0v) is 21.4. The van der Waals surface area contributed by atoms with Crippen molar-refractivity contribution in [2.24, 2.45) is 23.7 Å². The van der Waals surface area contributed by atoms with Crippen LogP contribution in [0, 0.1) is 29.5 Å². The maximum atomic E-state index is 13.1. The number of ether oxygens (including phenoxy) is 1. The van der Waals surface area contributed by atoms with Crippen LogP contribution >= 0.6 is 0 Å². The fourth-order valence-electron chi connectivity index (χ4n) is 6.53. The molecule has 1 amide bonds. The molecule has 0 bridgehead atoms. The molecule has 0 spiro atoms. The van der Waals surface area contributed by atoms with E-state index in [9.17, 15) is 14.0 Å². The average Bonchev–Trinajstić information content (AvgIpc) is 3.31. The molecule has 1 saturated heterocycles. The molecule has 0 aromatic heterocycles. The Balaban J connectivity index is 1.08. The average molecular weight is 487 g/mol. The maximum absolute atomic E-state index is 13.1. The lowest BCUT2D eigenvalue weighted by Crippen LogP contribution is -2.39. The summed E-state index contributed by atoms with van der Waals surface area (Å²) in [4.78, 5) is 27.7. The zero-order chi connectivity index (χ0) is 24.6. The number of likely N-dealkylation sites (tertiary alicyclic amines) is 1. The molecule has 2 saturated carbocycles. The third-order valence-corrected chi connectivity index (χ3v) is 8.68. The van der Waals surface area contributed by atoms with Gasteiger partial charge in [0.2, 0.25) is 5.91 Å². The van der Waals surface area contributed by atoms with Crippen LogP contribution in [-0.2, 0) is 9.53 Å². The molecule has 2 unspecified atom stereocenters. The molecule has 5 nitrogen and oxygen atoms in total. The molecule has 1 N–H and O–H groups in total. The number of rotatable bonds is 10. The van der Waals surface area contributed by atoms with Gasteiger partial charge in [-0.05, 0) is 126 Å². The smallest absolute Gasteiger partial charge is 0.220 e. The van der Waals surface area contributed by atoms with Gasteiger partial charge < -0.3 is 15.0 Å². The third-order valence-electron chi connectivity index (χ3n) is 8.68. The Labute approximate surface area is 210 Å². The number of piperidine rings is 1. The first kappa shape index (κ1) is 26.3. The van der Waals surface area contributed by atoms with Crippen molar-refractivity contribution >= 4 is 11.7 Å². The van der Waals surface area contributed by atoms with E-state index in [4.69, 9.17) is 4.74 Å². The lowest BCUT2D eigenvalue weighted by atomic mass is 9.83. The van der Waals surface area contributed by atoms with Crippen molar-refractivity contribution in [3.8, 4) is 0 Å². The molecular weight excluding hydrogens is 443 g/mol. The van der Waals surface area contributed by atoms with Crippen LogP contribution in [-0.4, -0.2) is 56.0 Å². The van der Waals surface area contributed by atoms with Crippen molar-refractivity contribution in [2.45, 2.75) is 76.7 Å². The van der Waals surface area contributed by atoms with Crippen molar-refractivity contribution < 1.29 is 18.7 Å². The summed E-state index contributed by atoms with van der Waals surface area (Å²) >= 11 is 0. The summed E-state index contributed by atoms with van der Waals surface area (Å²) in [6, 6.07) is 6.31. The van der Waals surface area contributed by atoms with Gasteiger partial charge in [-0.1, -0.05) is 0 Å². The lowest BCUT2D eigenvalue weighted by molar-refractivity contribution is -0.123. The topological polar surface area (TPSA) is 58.6 Å². The van der Waals surface area contributed by atoms with E-state index in [-0.39, 0.29) is 23.4 Å².